The van der Waals surface area contributed by atoms with Crippen LogP contribution >= 0.6 is 11.6 Å². The second-order valence-electron chi connectivity index (χ2n) is 9.15. The van der Waals surface area contributed by atoms with Crippen molar-refractivity contribution in [2.45, 2.75) is 19.5 Å². The fourth-order valence-electron chi connectivity index (χ4n) is 5.10. The third-order valence-corrected chi connectivity index (χ3v) is 7.10. The topological polar surface area (TPSA) is 64.3 Å². The van der Waals surface area contributed by atoms with Crippen LogP contribution in [0, 0.1) is 6.92 Å². The summed E-state index contributed by atoms with van der Waals surface area (Å²) in [5.41, 5.74) is 5.25. The minimum Gasteiger partial charge on any atom is -0.495 e. The summed E-state index contributed by atoms with van der Waals surface area (Å²) in [5.74, 6) is 1.45. The summed E-state index contributed by atoms with van der Waals surface area (Å²) in [6.07, 6.45) is 2.03. The number of nitrogens with zero attached hydrogens (tertiary/aromatic N) is 4. The van der Waals surface area contributed by atoms with Crippen LogP contribution in [0.1, 0.15) is 28.6 Å². The van der Waals surface area contributed by atoms with Crippen LogP contribution < -0.4 is 10.1 Å². The molecule has 0 saturated carbocycles. The molecule has 1 aliphatic heterocycles. The van der Waals surface area contributed by atoms with Crippen LogP contribution in [-0.4, -0.2) is 32.4 Å². The summed E-state index contributed by atoms with van der Waals surface area (Å²) >= 11 is 6.26. The van der Waals surface area contributed by atoms with Gasteiger partial charge in [0.2, 0.25) is 0 Å². The molecule has 0 spiro atoms. The van der Waals surface area contributed by atoms with Crippen LogP contribution in [0.25, 0.3) is 11.5 Å². The second-order valence-corrected chi connectivity index (χ2v) is 9.59. The lowest BCUT2D eigenvalue weighted by Gasteiger charge is -2.31. The predicted octanol–water partition coefficient (Wildman–Crippen LogP) is 6.77. The highest BCUT2D eigenvalue weighted by atomic mass is 35.5. The molecule has 0 fully saturated rings. The maximum Gasteiger partial charge on any atom is 0.323 e. The molecule has 3 aromatic carbocycles. The van der Waals surface area contributed by atoms with Gasteiger partial charge in [0.25, 0.3) is 0 Å². The number of nitrogens with one attached hydrogen (secondary N) is 1. The number of amides is 2. The van der Waals surface area contributed by atoms with Crippen molar-refractivity contribution in [2.24, 2.45) is 0 Å². The summed E-state index contributed by atoms with van der Waals surface area (Å²) in [6.45, 7) is 2.34. The molecule has 0 aliphatic carbocycles. The Morgan fingerprint density at radius 2 is 1.74 bits per heavy atom. The highest BCUT2D eigenvalue weighted by Gasteiger charge is 2.36. The number of halogens is 1. The number of aromatic nitrogens is 3. The standard InChI is InChI=1S/C30H26ClN5O2/c1-20-24-19-35(30(37)32-25-18-22(31)15-16-27(25)38-2)28(21-10-5-3-6-11-21)26-14-9-17-34(26)29(24)36(33-20)23-12-7-4-8-13-23/h3-18,28H,19H2,1-2H3,(H,32,37)/t28-/m1/s1. The molecule has 38 heavy (non-hydrogen) atoms. The van der Waals surface area contributed by atoms with Gasteiger partial charge in [0.05, 0.1) is 42.5 Å². The number of carbonyl (C=O) groups excluding carboxylic acids is 1. The molecule has 0 bridgehead atoms. The largest absolute Gasteiger partial charge is 0.495 e. The Kier molecular flexibility index (Phi) is 6.13. The average molecular weight is 524 g/mol. The Morgan fingerprint density at radius 1 is 1.00 bits per heavy atom. The van der Waals surface area contributed by atoms with Crippen LogP contribution in [0.5, 0.6) is 5.75 Å². The van der Waals surface area contributed by atoms with Crippen LogP contribution in [0.2, 0.25) is 5.02 Å². The first-order valence-electron chi connectivity index (χ1n) is 12.3. The number of para-hydroxylation sites is 1. The second kappa shape index (κ2) is 9.76. The first kappa shape index (κ1) is 23.9. The van der Waals surface area contributed by atoms with Crippen molar-refractivity contribution >= 4 is 23.3 Å². The maximum absolute atomic E-state index is 14.1. The van der Waals surface area contributed by atoms with Crippen LogP contribution in [0.3, 0.4) is 0 Å². The summed E-state index contributed by atoms with van der Waals surface area (Å²) in [6, 6.07) is 28.7. The Bertz CT molecular complexity index is 1610. The quantitative estimate of drug-likeness (QED) is 0.283. The lowest BCUT2D eigenvalue weighted by molar-refractivity contribution is 0.194. The molecule has 5 aromatic rings. The smallest absolute Gasteiger partial charge is 0.323 e. The fourth-order valence-corrected chi connectivity index (χ4v) is 5.27. The highest BCUT2D eigenvalue weighted by molar-refractivity contribution is 6.31. The van der Waals surface area contributed by atoms with E-state index in [0.717, 1.165) is 34.0 Å². The molecular formula is C30H26ClN5O2. The Labute approximate surface area is 225 Å². The van der Waals surface area contributed by atoms with Gasteiger partial charge in [-0.1, -0.05) is 60.1 Å². The van der Waals surface area contributed by atoms with E-state index in [2.05, 4.69) is 28.1 Å². The van der Waals surface area contributed by atoms with E-state index >= 15 is 0 Å². The number of rotatable bonds is 4. The number of methoxy groups -OCH3 is 1. The van der Waals surface area contributed by atoms with Gasteiger partial charge >= 0.3 is 6.03 Å². The van der Waals surface area contributed by atoms with Crippen LogP contribution in [-0.2, 0) is 6.54 Å². The number of hydrogen-bond acceptors (Lipinski definition) is 3. The molecular weight excluding hydrogens is 498 g/mol. The number of carbonyl (C=O) groups is 1. The van der Waals surface area contributed by atoms with Gasteiger partial charge in [0.15, 0.2) is 0 Å². The van der Waals surface area contributed by atoms with E-state index in [4.69, 9.17) is 21.4 Å². The highest BCUT2D eigenvalue weighted by Crippen LogP contribution is 2.39. The van der Waals surface area contributed by atoms with Gasteiger partial charge in [0.1, 0.15) is 11.6 Å². The molecule has 2 aromatic heterocycles. The Balaban J connectivity index is 1.53. The van der Waals surface area contributed by atoms with Crippen molar-refractivity contribution in [1.29, 1.82) is 0 Å². The fraction of sp³-hybridized carbons (Fsp3) is 0.133. The van der Waals surface area contributed by atoms with Crippen molar-refractivity contribution in [3.8, 4) is 17.3 Å². The molecule has 1 N–H and O–H groups in total. The number of ether oxygens (including phenoxy) is 1. The number of anilines is 1. The van der Waals surface area contributed by atoms with E-state index in [1.54, 1.807) is 25.3 Å². The molecule has 0 radical (unpaired) electrons. The average Bonchev–Trinajstić information content (AvgIpc) is 3.50. The van der Waals surface area contributed by atoms with E-state index in [1.165, 1.54) is 0 Å². The summed E-state index contributed by atoms with van der Waals surface area (Å²) in [4.78, 5) is 15.9. The molecule has 1 aliphatic rings. The number of aryl methyl sites for hydroxylation is 1. The molecule has 7 nitrogen and oxygen atoms in total. The number of hydrogen-bond donors (Lipinski definition) is 1. The minimum absolute atomic E-state index is 0.271. The van der Waals surface area contributed by atoms with Gasteiger partial charge in [-0.3, -0.25) is 0 Å². The van der Waals surface area contributed by atoms with Crippen molar-refractivity contribution in [1.82, 2.24) is 19.2 Å². The molecule has 190 valence electrons. The third kappa shape index (κ3) is 4.11. The molecule has 8 heteroatoms. The van der Waals surface area contributed by atoms with Gasteiger partial charge in [-0.2, -0.15) is 5.10 Å². The van der Waals surface area contributed by atoms with Gasteiger partial charge in [0, 0.05) is 16.8 Å². The zero-order valence-corrected chi connectivity index (χ0v) is 21.8. The summed E-state index contributed by atoms with van der Waals surface area (Å²) in [5, 5.41) is 8.46. The number of urea groups is 1. The van der Waals surface area contributed by atoms with Crippen molar-refractivity contribution in [3.63, 3.8) is 0 Å². The normalized spacial score (nSPS) is 14.4. The third-order valence-electron chi connectivity index (χ3n) is 6.87. The lowest BCUT2D eigenvalue weighted by atomic mass is 10.0. The van der Waals surface area contributed by atoms with Crippen molar-refractivity contribution in [3.05, 3.63) is 125 Å². The number of benzene rings is 3. The lowest BCUT2D eigenvalue weighted by Crippen LogP contribution is -2.38. The van der Waals surface area contributed by atoms with Gasteiger partial charge in [-0.05, 0) is 55.0 Å². The van der Waals surface area contributed by atoms with E-state index in [0.29, 0.717) is 23.0 Å². The molecule has 0 unspecified atom stereocenters. The van der Waals surface area contributed by atoms with Crippen LogP contribution in [0.15, 0.2) is 97.2 Å². The molecule has 1 atom stereocenters. The molecule has 6 rings (SSSR count). The van der Waals surface area contributed by atoms with Crippen LogP contribution in [0.4, 0.5) is 10.5 Å². The Hall–Kier alpha value is -4.49. The molecule has 2 amide bonds. The zero-order chi connectivity index (χ0) is 26.2. The Morgan fingerprint density at radius 3 is 2.47 bits per heavy atom. The summed E-state index contributed by atoms with van der Waals surface area (Å²) in [7, 11) is 1.57. The minimum atomic E-state index is -0.354. The molecule has 3 heterocycles. The van der Waals surface area contributed by atoms with E-state index in [1.807, 2.05) is 77.3 Å². The van der Waals surface area contributed by atoms with Crippen molar-refractivity contribution < 1.29 is 9.53 Å². The predicted molar refractivity (Wildman–Crippen MR) is 148 cm³/mol. The van der Waals surface area contributed by atoms with Gasteiger partial charge in [-0.15, -0.1) is 0 Å². The summed E-state index contributed by atoms with van der Waals surface area (Å²) < 4.78 is 9.59. The van der Waals surface area contributed by atoms with Gasteiger partial charge < -0.3 is 19.5 Å². The van der Waals surface area contributed by atoms with Crippen molar-refractivity contribution in [2.75, 3.05) is 12.4 Å². The van der Waals surface area contributed by atoms with E-state index in [9.17, 15) is 4.79 Å². The van der Waals surface area contributed by atoms with E-state index in [-0.39, 0.29) is 12.1 Å². The monoisotopic (exact) mass is 523 g/mol. The number of fused-ring (bicyclic) bond motifs is 3. The van der Waals surface area contributed by atoms with E-state index < -0.39 is 0 Å². The van der Waals surface area contributed by atoms with Gasteiger partial charge in [-0.25, -0.2) is 9.48 Å². The zero-order valence-electron chi connectivity index (χ0n) is 21.0. The molecule has 0 saturated heterocycles. The first-order chi connectivity index (χ1) is 18.5. The SMILES string of the molecule is COc1ccc(Cl)cc1NC(=O)N1Cc2c(C)nn(-c3ccccc3)c2-n2cccc2[C@H]1c1ccccc1. The first-order valence-corrected chi connectivity index (χ1v) is 12.7. The maximum atomic E-state index is 14.1.